The van der Waals surface area contributed by atoms with Crippen molar-refractivity contribution in [2.75, 3.05) is 7.05 Å². The maximum Gasteiger partial charge on any atom is 0.0741 e. The van der Waals surface area contributed by atoms with Crippen molar-refractivity contribution in [1.29, 1.82) is 0 Å². The normalized spacial score (nSPS) is 15.4. The van der Waals surface area contributed by atoms with Gasteiger partial charge < -0.3 is 5.32 Å². The molecular formula is C11H21N. The summed E-state index contributed by atoms with van der Waals surface area (Å²) in [5.74, 6) is 2.79. The molecule has 0 saturated carbocycles. The first-order valence-corrected chi connectivity index (χ1v) is 4.40. The fourth-order valence-electron chi connectivity index (χ4n) is 1.09. The summed E-state index contributed by atoms with van der Waals surface area (Å²) in [6.07, 6.45) is 5.45. The topological polar surface area (TPSA) is 12.0 Å². The zero-order valence-corrected chi connectivity index (χ0v) is 9.15. The molecule has 0 aromatic carbocycles. The van der Waals surface area contributed by atoms with Crippen molar-refractivity contribution in [1.82, 2.24) is 5.32 Å². The Hall–Kier alpha value is -0.480. The van der Waals surface area contributed by atoms with Crippen LogP contribution in [0.1, 0.15) is 34.6 Å². The van der Waals surface area contributed by atoms with Crippen LogP contribution in [0.25, 0.3) is 0 Å². The van der Waals surface area contributed by atoms with E-state index in [9.17, 15) is 0 Å². The summed E-state index contributed by atoms with van der Waals surface area (Å²) in [7, 11) is 1.91. The molecule has 0 amide bonds. The van der Waals surface area contributed by atoms with Crippen LogP contribution >= 0.6 is 0 Å². The summed E-state index contributed by atoms with van der Waals surface area (Å²) in [6.45, 7) is 11.1. The van der Waals surface area contributed by atoms with Crippen LogP contribution in [0.5, 0.6) is 0 Å². The Morgan fingerprint density at radius 2 is 1.58 bits per heavy atom. The molecule has 0 saturated heterocycles. The lowest BCUT2D eigenvalue weighted by molar-refractivity contribution is 0.106. The fraction of sp³-hybridized carbons (Fsp3) is 0.818. The lowest BCUT2D eigenvalue weighted by Crippen LogP contribution is -2.46. The molecule has 0 aromatic rings. The lowest BCUT2D eigenvalue weighted by Gasteiger charge is -2.42. The van der Waals surface area contributed by atoms with Gasteiger partial charge in [-0.3, -0.25) is 0 Å². The van der Waals surface area contributed by atoms with Gasteiger partial charge >= 0.3 is 0 Å². The molecule has 70 valence electrons. The Bertz CT molecular complexity index is 178. The second-order valence-corrected chi connectivity index (χ2v) is 4.86. The Morgan fingerprint density at radius 1 is 1.17 bits per heavy atom. The van der Waals surface area contributed by atoms with Crippen LogP contribution in [0.15, 0.2) is 0 Å². The minimum atomic E-state index is 0.108. The van der Waals surface area contributed by atoms with Crippen LogP contribution in [-0.2, 0) is 0 Å². The zero-order chi connectivity index (χ0) is 9.99. The van der Waals surface area contributed by atoms with E-state index in [-0.39, 0.29) is 16.9 Å². The SMILES string of the molecule is C#CC(NC)C(C)(C)C(C)(C)C. The second-order valence-electron chi connectivity index (χ2n) is 4.86. The van der Waals surface area contributed by atoms with Gasteiger partial charge in [-0.15, -0.1) is 6.42 Å². The second kappa shape index (κ2) is 3.49. The molecule has 0 heterocycles. The van der Waals surface area contributed by atoms with Crippen LogP contribution in [0.4, 0.5) is 0 Å². The molecule has 1 N–H and O–H groups in total. The molecule has 0 aliphatic rings. The average molecular weight is 167 g/mol. The predicted octanol–water partition coefficient (Wildman–Crippen LogP) is 2.28. The molecule has 12 heavy (non-hydrogen) atoms. The first kappa shape index (κ1) is 11.5. The standard InChI is InChI=1S/C11H21N/c1-8-9(12-7)11(5,6)10(2,3)4/h1,9,12H,2-7H3. The van der Waals surface area contributed by atoms with Crippen molar-refractivity contribution in [3.8, 4) is 12.3 Å². The lowest BCUT2D eigenvalue weighted by atomic mass is 9.65. The van der Waals surface area contributed by atoms with Gasteiger partial charge in [-0.25, -0.2) is 0 Å². The van der Waals surface area contributed by atoms with E-state index in [1.807, 2.05) is 7.05 Å². The third kappa shape index (κ3) is 2.01. The van der Waals surface area contributed by atoms with Crippen molar-refractivity contribution in [3.05, 3.63) is 0 Å². The van der Waals surface area contributed by atoms with Crippen molar-refractivity contribution < 1.29 is 0 Å². The van der Waals surface area contributed by atoms with Gasteiger partial charge in [0.2, 0.25) is 0 Å². The van der Waals surface area contributed by atoms with Crippen LogP contribution in [0.3, 0.4) is 0 Å². The number of hydrogen-bond donors (Lipinski definition) is 1. The van der Waals surface area contributed by atoms with Gasteiger partial charge in [0.25, 0.3) is 0 Å². The molecule has 0 fully saturated rings. The highest BCUT2D eigenvalue weighted by Crippen LogP contribution is 2.40. The van der Waals surface area contributed by atoms with Crippen molar-refractivity contribution in [3.63, 3.8) is 0 Å². The van der Waals surface area contributed by atoms with Crippen LogP contribution in [0.2, 0.25) is 0 Å². The van der Waals surface area contributed by atoms with Crippen molar-refractivity contribution >= 4 is 0 Å². The first-order chi connectivity index (χ1) is 5.27. The quantitative estimate of drug-likeness (QED) is 0.622. The maximum absolute atomic E-state index is 5.45. The van der Waals surface area contributed by atoms with Gasteiger partial charge in [-0.1, -0.05) is 40.5 Å². The number of hydrogen-bond acceptors (Lipinski definition) is 1. The molecule has 0 bridgehead atoms. The molecule has 0 radical (unpaired) electrons. The predicted molar refractivity (Wildman–Crippen MR) is 54.9 cm³/mol. The highest BCUT2D eigenvalue weighted by Gasteiger charge is 2.38. The average Bonchev–Trinajstić information content (AvgIpc) is 1.87. The monoisotopic (exact) mass is 167 g/mol. The molecule has 0 aromatic heterocycles. The van der Waals surface area contributed by atoms with Gasteiger partial charge in [0, 0.05) is 0 Å². The smallest absolute Gasteiger partial charge is 0.0741 e. The summed E-state index contributed by atoms with van der Waals surface area (Å²) in [4.78, 5) is 0. The number of nitrogens with one attached hydrogen (secondary N) is 1. The van der Waals surface area contributed by atoms with Crippen LogP contribution < -0.4 is 5.32 Å². The zero-order valence-electron chi connectivity index (χ0n) is 9.15. The van der Waals surface area contributed by atoms with Crippen LogP contribution in [-0.4, -0.2) is 13.1 Å². The van der Waals surface area contributed by atoms with Gasteiger partial charge in [-0.2, -0.15) is 0 Å². The van der Waals surface area contributed by atoms with E-state index in [1.165, 1.54) is 0 Å². The molecule has 0 aliphatic carbocycles. The Balaban J connectivity index is 4.73. The molecular weight excluding hydrogens is 146 g/mol. The summed E-state index contributed by atoms with van der Waals surface area (Å²) in [5.41, 5.74) is 0.323. The highest BCUT2D eigenvalue weighted by atomic mass is 14.9. The van der Waals surface area contributed by atoms with Gasteiger partial charge in [0.05, 0.1) is 6.04 Å². The van der Waals surface area contributed by atoms with Gasteiger partial charge in [0.1, 0.15) is 0 Å². The summed E-state index contributed by atoms with van der Waals surface area (Å²) in [6, 6.07) is 0.137. The third-order valence-electron chi connectivity index (χ3n) is 3.11. The van der Waals surface area contributed by atoms with E-state index in [0.29, 0.717) is 0 Å². The highest BCUT2D eigenvalue weighted by molar-refractivity contribution is 5.08. The summed E-state index contributed by atoms with van der Waals surface area (Å²) < 4.78 is 0. The van der Waals surface area contributed by atoms with Crippen molar-refractivity contribution in [2.45, 2.75) is 40.7 Å². The summed E-state index contributed by atoms with van der Waals surface area (Å²) in [5, 5.41) is 3.16. The molecule has 1 atom stereocenters. The van der Waals surface area contributed by atoms with Crippen molar-refractivity contribution in [2.24, 2.45) is 10.8 Å². The molecule has 1 nitrogen and oxygen atoms in total. The molecule has 0 spiro atoms. The largest absolute Gasteiger partial charge is 0.306 e. The van der Waals surface area contributed by atoms with Gasteiger partial charge in [0.15, 0.2) is 0 Å². The maximum atomic E-state index is 5.45. The van der Waals surface area contributed by atoms with E-state index >= 15 is 0 Å². The summed E-state index contributed by atoms with van der Waals surface area (Å²) >= 11 is 0. The molecule has 0 rings (SSSR count). The third-order valence-corrected chi connectivity index (χ3v) is 3.11. The Kier molecular flexibility index (Phi) is 3.35. The van der Waals surface area contributed by atoms with E-state index in [4.69, 9.17) is 6.42 Å². The van der Waals surface area contributed by atoms with Crippen LogP contribution in [0, 0.1) is 23.2 Å². The first-order valence-electron chi connectivity index (χ1n) is 4.40. The molecule has 0 aliphatic heterocycles. The molecule has 1 heteroatoms. The minimum Gasteiger partial charge on any atom is -0.306 e. The fourth-order valence-corrected chi connectivity index (χ4v) is 1.09. The Morgan fingerprint density at radius 3 is 1.67 bits per heavy atom. The minimum absolute atomic E-state index is 0.108. The number of terminal acetylenes is 1. The van der Waals surface area contributed by atoms with E-state index in [0.717, 1.165) is 0 Å². The van der Waals surface area contributed by atoms with Gasteiger partial charge in [-0.05, 0) is 17.9 Å². The van der Waals surface area contributed by atoms with E-state index in [2.05, 4.69) is 45.9 Å². The van der Waals surface area contributed by atoms with E-state index < -0.39 is 0 Å². The van der Waals surface area contributed by atoms with E-state index in [1.54, 1.807) is 0 Å². The molecule has 1 unspecified atom stereocenters. The Labute approximate surface area is 76.9 Å². The number of rotatable bonds is 2.